The van der Waals surface area contributed by atoms with Gasteiger partial charge in [0.05, 0.1) is 6.42 Å². The first kappa shape index (κ1) is 15.8. The lowest BCUT2D eigenvalue weighted by atomic mass is 10.2. The van der Waals surface area contributed by atoms with Gasteiger partial charge in [0.25, 0.3) is 0 Å². The molecule has 0 aliphatic heterocycles. The Bertz CT molecular complexity index is 277. The van der Waals surface area contributed by atoms with E-state index in [1.165, 1.54) is 0 Å². The quantitative estimate of drug-likeness (QED) is 0.420. The molecule has 0 spiro atoms. The molecule has 98 valence electrons. The Morgan fingerprint density at radius 2 is 1.94 bits per heavy atom. The normalized spacial score (nSPS) is 11.8. The van der Waals surface area contributed by atoms with Gasteiger partial charge in [-0.3, -0.25) is 9.59 Å². The van der Waals surface area contributed by atoms with E-state index in [0.29, 0.717) is 25.9 Å². The molecule has 0 bridgehead atoms. The van der Waals surface area contributed by atoms with Gasteiger partial charge in [-0.05, 0) is 26.8 Å². The van der Waals surface area contributed by atoms with Crippen LogP contribution in [0.2, 0.25) is 0 Å². The van der Waals surface area contributed by atoms with E-state index >= 15 is 0 Å². The average molecular weight is 241 g/mol. The minimum atomic E-state index is -0.426. The van der Waals surface area contributed by atoms with Crippen molar-refractivity contribution in [1.82, 2.24) is 5.32 Å². The first-order chi connectivity index (χ1) is 7.85. The molecule has 17 heavy (non-hydrogen) atoms. The van der Waals surface area contributed by atoms with Crippen LogP contribution in [-0.4, -0.2) is 30.4 Å². The van der Waals surface area contributed by atoms with E-state index in [0.717, 1.165) is 0 Å². The maximum absolute atomic E-state index is 11.3. The number of ketones is 1. The minimum Gasteiger partial charge on any atom is -0.460 e. The highest BCUT2D eigenvalue weighted by Crippen LogP contribution is 2.07. The highest BCUT2D eigenvalue weighted by molar-refractivity contribution is 5.89. The fraction of sp³-hybridized carbons (Fsp3) is 0.692. The molecule has 4 heteroatoms. The van der Waals surface area contributed by atoms with Crippen molar-refractivity contribution in [2.24, 2.45) is 0 Å². The molecule has 0 saturated heterocycles. The molecule has 0 unspecified atom stereocenters. The van der Waals surface area contributed by atoms with Crippen LogP contribution in [-0.2, 0) is 14.3 Å². The van der Waals surface area contributed by atoms with E-state index in [4.69, 9.17) is 4.74 Å². The Labute approximate surface area is 103 Å². The molecule has 0 atom stereocenters. The molecule has 0 rings (SSSR count). The molecule has 0 aliphatic carbocycles. The fourth-order valence-electron chi connectivity index (χ4n) is 1.08. The van der Waals surface area contributed by atoms with Crippen molar-refractivity contribution in [2.75, 3.05) is 13.1 Å². The molecule has 0 aromatic carbocycles. The first-order valence-corrected chi connectivity index (χ1v) is 5.97. The van der Waals surface area contributed by atoms with Crippen molar-refractivity contribution < 1.29 is 14.3 Å². The van der Waals surface area contributed by atoms with Crippen molar-refractivity contribution in [2.45, 2.75) is 46.1 Å². The predicted molar refractivity (Wildman–Crippen MR) is 67.8 cm³/mol. The molecule has 0 aromatic heterocycles. The van der Waals surface area contributed by atoms with Crippen LogP contribution in [0.3, 0.4) is 0 Å². The third-order valence-electron chi connectivity index (χ3n) is 1.84. The summed E-state index contributed by atoms with van der Waals surface area (Å²) in [6.07, 6.45) is 4.18. The van der Waals surface area contributed by atoms with Crippen LogP contribution in [0, 0.1) is 0 Å². The van der Waals surface area contributed by atoms with Crippen LogP contribution in [0.25, 0.3) is 0 Å². The second-order valence-electron chi connectivity index (χ2n) is 4.76. The van der Waals surface area contributed by atoms with Gasteiger partial charge in [0.15, 0.2) is 5.78 Å². The lowest BCUT2D eigenvalue weighted by molar-refractivity contribution is -0.154. The van der Waals surface area contributed by atoms with Gasteiger partial charge in [-0.2, -0.15) is 0 Å². The molecule has 0 heterocycles. The summed E-state index contributed by atoms with van der Waals surface area (Å²) in [5.41, 5.74) is -0.426. The minimum absolute atomic E-state index is 0.110. The van der Waals surface area contributed by atoms with E-state index in [1.807, 2.05) is 27.7 Å². The number of allylic oxidation sites excluding steroid dienone is 1. The molecule has 0 amide bonds. The smallest absolute Gasteiger partial charge is 0.307 e. The van der Waals surface area contributed by atoms with Crippen molar-refractivity contribution in [3.8, 4) is 0 Å². The number of hydrogen-bond donors (Lipinski definition) is 1. The topological polar surface area (TPSA) is 55.4 Å². The van der Waals surface area contributed by atoms with Crippen molar-refractivity contribution in [1.29, 1.82) is 0 Å². The summed E-state index contributed by atoms with van der Waals surface area (Å²) in [6.45, 7) is 8.50. The Morgan fingerprint density at radius 1 is 1.29 bits per heavy atom. The zero-order valence-corrected chi connectivity index (χ0v) is 11.2. The lowest BCUT2D eigenvalue weighted by Gasteiger charge is -2.19. The second kappa shape index (κ2) is 8.01. The number of hydrogen-bond acceptors (Lipinski definition) is 4. The summed E-state index contributed by atoms with van der Waals surface area (Å²) >= 11 is 0. The van der Waals surface area contributed by atoms with E-state index < -0.39 is 5.60 Å². The highest BCUT2D eigenvalue weighted by atomic mass is 16.6. The van der Waals surface area contributed by atoms with Crippen molar-refractivity contribution in [3.63, 3.8) is 0 Å². The zero-order valence-electron chi connectivity index (χ0n) is 11.2. The summed E-state index contributed by atoms with van der Waals surface area (Å²) < 4.78 is 5.15. The number of nitrogens with one attached hydrogen (secondary N) is 1. The largest absolute Gasteiger partial charge is 0.460 e. The Morgan fingerprint density at radius 3 is 2.47 bits per heavy atom. The van der Waals surface area contributed by atoms with E-state index in [-0.39, 0.29) is 11.8 Å². The van der Waals surface area contributed by atoms with E-state index in [1.54, 1.807) is 12.2 Å². The number of esters is 1. The Kier molecular flexibility index (Phi) is 7.46. The fourth-order valence-corrected chi connectivity index (χ4v) is 1.08. The van der Waals surface area contributed by atoms with Crippen molar-refractivity contribution >= 4 is 11.8 Å². The van der Waals surface area contributed by atoms with Crippen LogP contribution >= 0.6 is 0 Å². The standard InChI is InChI=1S/C13H23NO3/c1-5-11(15)7-6-9-14-10-8-12(16)17-13(2,3)4/h6-7,14H,5,8-10H2,1-4H3/b7-6+. The molecular weight excluding hydrogens is 218 g/mol. The Hall–Kier alpha value is -1.16. The molecule has 0 aliphatic rings. The first-order valence-electron chi connectivity index (χ1n) is 5.97. The van der Waals surface area contributed by atoms with Gasteiger partial charge in [0, 0.05) is 19.5 Å². The maximum atomic E-state index is 11.3. The van der Waals surface area contributed by atoms with Crippen LogP contribution in [0.15, 0.2) is 12.2 Å². The number of carbonyl (C=O) groups excluding carboxylic acids is 2. The summed E-state index contributed by atoms with van der Waals surface area (Å²) in [4.78, 5) is 22.2. The molecule has 1 N–H and O–H groups in total. The van der Waals surface area contributed by atoms with Crippen molar-refractivity contribution in [3.05, 3.63) is 12.2 Å². The third-order valence-corrected chi connectivity index (χ3v) is 1.84. The average Bonchev–Trinajstić information content (AvgIpc) is 2.20. The van der Waals surface area contributed by atoms with E-state index in [9.17, 15) is 9.59 Å². The number of carbonyl (C=O) groups is 2. The SMILES string of the molecule is CCC(=O)/C=C/CNCCC(=O)OC(C)(C)C. The van der Waals surface area contributed by atoms with E-state index in [2.05, 4.69) is 5.32 Å². The summed E-state index contributed by atoms with van der Waals surface area (Å²) in [7, 11) is 0. The highest BCUT2D eigenvalue weighted by Gasteiger charge is 2.15. The van der Waals surface area contributed by atoms with Gasteiger partial charge in [0.1, 0.15) is 5.60 Å². The molecular formula is C13H23NO3. The van der Waals surface area contributed by atoms with Crippen LogP contribution in [0.1, 0.15) is 40.5 Å². The summed E-state index contributed by atoms with van der Waals surface area (Å²) in [6, 6.07) is 0. The van der Waals surface area contributed by atoms with Gasteiger partial charge in [-0.25, -0.2) is 0 Å². The second-order valence-corrected chi connectivity index (χ2v) is 4.76. The molecule has 0 radical (unpaired) electrons. The van der Waals surface area contributed by atoms with Gasteiger partial charge < -0.3 is 10.1 Å². The molecule has 0 fully saturated rings. The van der Waals surface area contributed by atoms with Gasteiger partial charge >= 0.3 is 5.97 Å². The molecule has 0 aromatic rings. The third kappa shape index (κ3) is 11.1. The van der Waals surface area contributed by atoms with Crippen LogP contribution in [0.5, 0.6) is 0 Å². The van der Waals surface area contributed by atoms with Gasteiger partial charge in [-0.1, -0.05) is 13.0 Å². The molecule has 0 saturated carbocycles. The van der Waals surface area contributed by atoms with Crippen LogP contribution in [0.4, 0.5) is 0 Å². The van der Waals surface area contributed by atoms with Gasteiger partial charge in [-0.15, -0.1) is 0 Å². The zero-order chi connectivity index (χ0) is 13.3. The monoisotopic (exact) mass is 241 g/mol. The summed E-state index contributed by atoms with van der Waals surface area (Å²) in [5, 5.41) is 3.04. The number of rotatable bonds is 7. The maximum Gasteiger partial charge on any atom is 0.307 e. The molecule has 4 nitrogen and oxygen atoms in total. The predicted octanol–water partition coefficient (Wildman–Crippen LogP) is 1.84. The summed E-state index contributed by atoms with van der Waals surface area (Å²) in [5.74, 6) is -0.0995. The Balaban J connectivity index is 3.55. The van der Waals surface area contributed by atoms with Crippen LogP contribution < -0.4 is 5.32 Å². The number of ether oxygens (including phenoxy) is 1. The lowest BCUT2D eigenvalue weighted by Crippen LogP contribution is -2.26. The van der Waals surface area contributed by atoms with Gasteiger partial charge in [0.2, 0.25) is 0 Å².